The lowest BCUT2D eigenvalue weighted by Crippen LogP contribution is -2.06. The fourth-order valence-electron chi connectivity index (χ4n) is 3.39. The Balaban J connectivity index is 1.52. The fraction of sp³-hybridized carbons (Fsp3) is 0.238. The van der Waals surface area contributed by atoms with Crippen molar-refractivity contribution >= 4 is 28.6 Å². The first-order chi connectivity index (χ1) is 15.0. The first kappa shape index (κ1) is 18.9. The lowest BCUT2D eigenvalue weighted by molar-refractivity contribution is 0.827. The molecule has 1 aromatic carbocycles. The van der Waals surface area contributed by atoms with E-state index in [1.807, 2.05) is 39.8 Å². The van der Waals surface area contributed by atoms with Gasteiger partial charge in [-0.3, -0.25) is 5.32 Å². The van der Waals surface area contributed by atoms with E-state index in [4.69, 9.17) is 0 Å². The quantitative estimate of drug-likeness (QED) is 0.474. The van der Waals surface area contributed by atoms with Crippen molar-refractivity contribution in [1.29, 1.82) is 0 Å². The van der Waals surface area contributed by atoms with E-state index >= 15 is 0 Å². The maximum absolute atomic E-state index is 4.61. The molecule has 31 heavy (non-hydrogen) atoms. The van der Waals surface area contributed by atoms with Gasteiger partial charge >= 0.3 is 0 Å². The van der Waals surface area contributed by atoms with Crippen molar-refractivity contribution in [1.82, 2.24) is 44.7 Å². The zero-order valence-corrected chi connectivity index (χ0v) is 17.6. The summed E-state index contributed by atoms with van der Waals surface area (Å²) in [4.78, 5) is 22.4. The first-order valence-electron chi connectivity index (χ1n) is 9.96. The van der Waals surface area contributed by atoms with Gasteiger partial charge in [0.15, 0.2) is 5.82 Å². The summed E-state index contributed by atoms with van der Waals surface area (Å²) < 4.78 is 1.69. The molecule has 1 N–H and O–H groups in total. The summed E-state index contributed by atoms with van der Waals surface area (Å²) in [5, 5.41) is 17.1. The van der Waals surface area contributed by atoms with Crippen molar-refractivity contribution in [3.63, 3.8) is 0 Å². The van der Waals surface area contributed by atoms with Crippen molar-refractivity contribution in [2.45, 2.75) is 34.1 Å². The van der Waals surface area contributed by atoms with Crippen molar-refractivity contribution < 1.29 is 0 Å². The lowest BCUT2D eigenvalue weighted by Gasteiger charge is -2.09. The highest BCUT2D eigenvalue weighted by atomic mass is 15.4. The molecule has 154 valence electrons. The Morgan fingerprint density at radius 1 is 0.935 bits per heavy atom. The molecule has 0 unspecified atom stereocenters. The summed E-state index contributed by atoms with van der Waals surface area (Å²) in [5.41, 5.74) is 4.92. The van der Waals surface area contributed by atoms with Crippen molar-refractivity contribution in [3.8, 4) is 11.4 Å². The lowest BCUT2D eigenvalue weighted by atomic mass is 10.1. The minimum atomic E-state index is 0.373. The minimum absolute atomic E-state index is 0.373. The third kappa shape index (κ3) is 3.41. The zero-order valence-electron chi connectivity index (χ0n) is 17.6. The summed E-state index contributed by atoms with van der Waals surface area (Å²) in [7, 11) is 0. The van der Waals surface area contributed by atoms with Gasteiger partial charge < -0.3 is 0 Å². The molecule has 5 aromatic rings. The molecule has 0 aliphatic rings. The maximum Gasteiger partial charge on any atom is 0.272 e. The number of anilines is 2. The monoisotopic (exact) mass is 412 g/mol. The van der Waals surface area contributed by atoms with E-state index in [0.29, 0.717) is 29.1 Å². The van der Waals surface area contributed by atoms with Crippen LogP contribution >= 0.6 is 0 Å². The molecular weight excluding hydrogens is 392 g/mol. The van der Waals surface area contributed by atoms with Crippen LogP contribution in [0, 0.1) is 20.8 Å². The highest BCUT2D eigenvalue weighted by Gasteiger charge is 2.15. The van der Waals surface area contributed by atoms with Gasteiger partial charge in [-0.25, -0.2) is 19.9 Å². The van der Waals surface area contributed by atoms with Crippen LogP contribution in [0.3, 0.4) is 0 Å². The van der Waals surface area contributed by atoms with E-state index in [-0.39, 0.29) is 0 Å². The molecule has 4 aromatic heterocycles. The molecule has 0 fully saturated rings. The van der Waals surface area contributed by atoms with Crippen LogP contribution in [0.1, 0.15) is 29.7 Å². The Bertz CT molecular complexity index is 1440. The highest BCUT2D eigenvalue weighted by Crippen LogP contribution is 2.22. The average molecular weight is 412 g/mol. The Labute approximate surface area is 177 Å². The van der Waals surface area contributed by atoms with Crippen LogP contribution in [0.5, 0.6) is 0 Å². The van der Waals surface area contributed by atoms with Crippen molar-refractivity contribution in [2.75, 3.05) is 5.32 Å². The summed E-state index contributed by atoms with van der Waals surface area (Å²) in [6, 6.07) is 7.90. The molecule has 10 nitrogen and oxygen atoms in total. The molecule has 0 atom stereocenters. The van der Waals surface area contributed by atoms with Gasteiger partial charge in [0.1, 0.15) is 5.69 Å². The van der Waals surface area contributed by atoms with Crippen LogP contribution in [0.25, 0.3) is 28.1 Å². The summed E-state index contributed by atoms with van der Waals surface area (Å²) in [6.07, 6.45) is 2.39. The van der Waals surface area contributed by atoms with Gasteiger partial charge in [0.05, 0.1) is 22.6 Å². The van der Waals surface area contributed by atoms with Gasteiger partial charge in [-0.15, -0.1) is 15.3 Å². The Hall–Kier alpha value is -4.08. The number of aryl methyl sites for hydroxylation is 4. The molecule has 0 aliphatic heterocycles. The van der Waals surface area contributed by atoms with Crippen LogP contribution < -0.4 is 5.32 Å². The molecule has 0 saturated heterocycles. The topological polar surface area (TPSA) is 120 Å². The molecule has 0 bridgehead atoms. The number of hydrogen-bond acceptors (Lipinski definition) is 9. The molecule has 5 rings (SSSR count). The first-order valence-corrected chi connectivity index (χ1v) is 9.96. The molecular formula is C21H20N10. The molecule has 0 saturated carbocycles. The Morgan fingerprint density at radius 2 is 1.81 bits per heavy atom. The smallest absolute Gasteiger partial charge is 0.272 e. The van der Waals surface area contributed by atoms with Gasteiger partial charge in [-0.2, -0.15) is 9.50 Å². The molecule has 0 radical (unpaired) electrons. The van der Waals surface area contributed by atoms with Crippen molar-refractivity contribution in [2.24, 2.45) is 0 Å². The largest absolute Gasteiger partial charge is 0.293 e. The van der Waals surface area contributed by atoms with E-state index in [1.165, 1.54) is 0 Å². The molecule has 0 amide bonds. The normalized spacial score (nSPS) is 11.4. The van der Waals surface area contributed by atoms with E-state index < -0.39 is 0 Å². The van der Waals surface area contributed by atoms with Crippen LogP contribution in [-0.4, -0.2) is 44.7 Å². The van der Waals surface area contributed by atoms with Gasteiger partial charge in [-0.1, -0.05) is 19.1 Å². The fourth-order valence-corrected chi connectivity index (χ4v) is 3.39. The van der Waals surface area contributed by atoms with Crippen LogP contribution in [0.2, 0.25) is 0 Å². The predicted octanol–water partition coefficient (Wildman–Crippen LogP) is 3.15. The number of rotatable bonds is 4. The third-order valence-corrected chi connectivity index (χ3v) is 5.01. The molecule has 4 heterocycles. The second kappa shape index (κ2) is 7.31. The van der Waals surface area contributed by atoms with Crippen molar-refractivity contribution in [3.05, 3.63) is 53.2 Å². The Kier molecular flexibility index (Phi) is 4.46. The minimum Gasteiger partial charge on any atom is -0.293 e. The number of nitrogens with one attached hydrogen (secondary N) is 1. The second-order valence-corrected chi connectivity index (χ2v) is 7.27. The SMILES string of the molecule is CCc1nc2nnc(-c3ccnc(Nc4nc(C)c5ccc(C)cc5n4)n3)c(C)n2n1. The number of fused-ring (bicyclic) bond motifs is 2. The zero-order chi connectivity index (χ0) is 21.5. The summed E-state index contributed by atoms with van der Waals surface area (Å²) in [6.45, 7) is 7.91. The van der Waals surface area contributed by atoms with Gasteiger partial charge in [0.25, 0.3) is 5.78 Å². The number of hydrogen-bond donors (Lipinski definition) is 1. The number of benzene rings is 1. The molecule has 0 aliphatic carbocycles. The van der Waals surface area contributed by atoms with Gasteiger partial charge in [0.2, 0.25) is 11.9 Å². The van der Waals surface area contributed by atoms with E-state index in [0.717, 1.165) is 40.1 Å². The van der Waals surface area contributed by atoms with Crippen LogP contribution in [0.15, 0.2) is 30.5 Å². The average Bonchev–Trinajstić information content (AvgIpc) is 3.18. The second-order valence-electron chi connectivity index (χ2n) is 7.27. The highest BCUT2D eigenvalue weighted by molar-refractivity contribution is 5.82. The van der Waals surface area contributed by atoms with Gasteiger partial charge in [-0.05, 0) is 38.5 Å². The van der Waals surface area contributed by atoms with Gasteiger partial charge in [0, 0.05) is 18.0 Å². The third-order valence-electron chi connectivity index (χ3n) is 5.01. The predicted molar refractivity (Wildman–Crippen MR) is 116 cm³/mol. The number of nitrogens with zero attached hydrogens (tertiary/aromatic N) is 9. The van der Waals surface area contributed by atoms with E-state index in [9.17, 15) is 0 Å². The number of aromatic nitrogens is 9. The summed E-state index contributed by atoms with van der Waals surface area (Å²) >= 11 is 0. The van der Waals surface area contributed by atoms with Crippen LogP contribution in [-0.2, 0) is 6.42 Å². The maximum atomic E-state index is 4.61. The molecule has 0 spiro atoms. The Morgan fingerprint density at radius 3 is 2.65 bits per heavy atom. The van der Waals surface area contributed by atoms with Crippen LogP contribution in [0.4, 0.5) is 11.9 Å². The summed E-state index contributed by atoms with van der Waals surface area (Å²) in [5.74, 6) is 2.01. The van der Waals surface area contributed by atoms with E-state index in [2.05, 4.69) is 51.6 Å². The van der Waals surface area contributed by atoms with E-state index in [1.54, 1.807) is 16.8 Å². The molecule has 10 heteroatoms. The standard InChI is InChI=1S/C21H20N10/c1-5-17-26-21-29-28-18(13(4)31(21)30-17)15-8-9-22-19(24-15)27-20-23-12(3)14-7-6-11(2)10-16(14)25-20/h6-10H,5H2,1-4H3,(H,22,23,24,25,27).